The molecule has 36 heavy (non-hydrogen) atoms. The molecule has 10 heteroatoms. The van der Waals surface area contributed by atoms with Crippen LogP contribution in [0.4, 0.5) is 0 Å². The Balaban J connectivity index is 0.00000361. The molecule has 11 atom stereocenters. The molecule has 0 aromatic heterocycles. The molecule has 0 heterocycles. The van der Waals surface area contributed by atoms with Crippen LogP contribution in [0.2, 0.25) is 0 Å². The molecular formula is C26H44NNaO7S. The zero-order valence-electron chi connectivity index (χ0n) is 22.4. The number of fused-ring (bicyclic) bond motifs is 5. The second-order valence-corrected chi connectivity index (χ2v) is 14.2. The summed E-state index contributed by atoms with van der Waals surface area (Å²) in [6.45, 7) is 6.48. The van der Waals surface area contributed by atoms with Crippen LogP contribution in [0.15, 0.2) is 0 Å². The van der Waals surface area contributed by atoms with Gasteiger partial charge in [-0.25, -0.2) is 8.42 Å². The van der Waals surface area contributed by atoms with Crippen LogP contribution in [0, 0.1) is 46.3 Å². The van der Waals surface area contributed by atoms with Gasteiger partial charge in [-0.15, -0.1) is 0 Å². The van der Waals surface area contributed by atoms with Gasteiger partial charge in [0.15, 0.2) is 0 Å². The van der Waals surface area contributed by atoms with E-state index in [2.05, 4.69) is 26.1 Å². The van der Waals surface area contributed by atoms with Crippen molar-refractivity contribution in [3.05, 3.63) is 0 Å². The largest absolute Gasteiger partial charge is 1.00 e. The fourth-order valence-corrected chi connectivity index (χ4v) is 9.45. The van der Waals surface area contributed by atoms with Gasteiger partial charge in [0.1, 0.15) is 0 Å². The SMILES string of the molecule is C[C@H](CCC(=O)NCCS(=O)(=O)[O-])C1CCC2C3C(O)CC4C[C@H](O)CCC4(C)C3C[C@H](O)C21C.[Na+]. The van der Waals surface area contributed by atoms with E-state index in [0.717, 1.165) is 38.5 Å². The first-order chi connectivity index (χ1) is 16.3. The van der Waals surface area contributed by atoms with Crippen molar-refractivity contribution in [1.29, 1.82) is 0 Å². The molecule has 4 fully saturated rings. The summed E-state index contributed by atoms with van der Waals surface area (Å²) in [7, 11) is -4.35. The van der Waals surface area contributed by atoms with Gasteiger partial charge in [-0.05, 0) is 97.7 Å². The summed E-state index contributed by atoms with van der Waals surface area (Å²) in [4.78, 5) is 12.2. The fraction of sp³-hybridized carbons (Fsp3) is 0.962. The Hall–Kier alpha value is 0.260. The summed E-state index contributed by atoms with van der Waals surface area (Å²) < 4.78 is 32.2. The van der Waals surface area contributed by atoms with E-state index in [1.54, 1.807) is 0 Å². The van der Waals surface area contributed by atoms with Crippen molar-refractivity contribution in [2.24, 2.45) is 46.3 Å². The molecule has 0 aromatic rings. The van der Waals surface area contributed by atoms with E-state index in [9.17, 15) is 33.1 Å². The summed E-state index contributed by atoms with van der Waals surface area (Å²) >= 11 is 0. The monoisotopic (exact) mass is 537 g/mol. The number of aliphatic hydroxyl groups is 3. The maximum absolute atomic E-state index is 12.2. The molecule has 4 aliphatic rings. The van der Waals surface area contributed by atoms with Gasteiger partial charge in [0, 0.05) is 13.0 Å². The van der Waals surface area contributed by atoms with Crippen molar-refractivity contribution in [1.82, 2.24) is 5.32 Å². The predicted octanol–water partition coefficient (Wildman–Crippen LogP) is -0.970. The van der Waals surface area contributed by atoms with Crippen molar-refractivity contribution >= 4 is 16.0 Å². The van der Waals surface area contributed by atoms with Crippen molar-refractivity contribution in [3.8, 4) is 0 Å². The van der Waals surface area contributed by atoms with E-state index in [1.807, 2.05) is 0 Å². The predicted molar refractivity (Wildman–Crippen MR) is 130 cm³/mol. The molecule has 4 saturated carbocycles. The third-order valence-electron chi connectivity index (χ3n) is 11.0. The third kappa shape index (κ3) is 5.74. The smallest absolute Gasteiger partial charge is 0.748 e. The molecule has 4 aliphatic carbocycles. The average Bonchev–Trinajstić information content (AvgIpc) is 3.12. The molecule has 0 saturated heterocycles. The summed E-state index contributed by atoms with van der Waals surface area (Å²) in [5.74, 6) is 0.522. The minimum atomic E-state index is -4.35. The van der Waals surface area contributed by atoms with Gasteiger partial charge in [-0.2, -0.15) is 0 Å². The number of nitrogens with one attached hydrogen (secondary N) is 1. The zero-order chi connectivity index (χ0) is 25.8. The number of hydrogen-bond donors (Lipinski definition) is 4. The molecule has 0 bridgehead atoms. The summed E-state index contributed by atoms with van der Waals surface area (Å²) in [6, 6.07) is 0. The minimum absolute atomic E-state index is 0. The fourth-order valence-electron chi connectivity index (χ4n) is 9.10. The summed E-state index contributed by atoms with van der Waals surface area (Å²) in [5.41, 5.74) is -0.267. The molecule has 4 rings (SSSR count). The van der Waals surface area contributed by atoms with E-state index in [0.29, 0.717) is 18.8 Å². The van der Waals surface area contributed by atoms with Crippen LogP contribution in [-0.2, 0) is 14.9 Å². The summed E-state index contributed by atoms with van der Waals surface area (Å²) in [5, 5.41) is 35.7. The Kier molecular flexibility index (Phi) is 9.75. The maximum Gasteiger partial charge on any atom is 1.00 e. The van der Waals surface area contributed by atoms with Crippen LogP contribution in [0.5, 0.6) is 0 Å². The van der Waals surface area contributed by atoms with Crippen molar-refractivity contribution in [2.45, 2.75) is 96.9 Å². The number of carbonyl (C=O) groups excluding carboxylic acids is 1. The first-order valence-electron chi connectivity index (χ1n) is 13.5. The Morgan fingerprint density at radius 2 is 1.78 bits per heavy atom. The van der Waals surface area contributed by atoms with Gasteiger partial charge >= 0.3 is 29.6 Å². The molecule has 4 N–H and O–H groups in total. The first-order valence-corrected chi connectivity index (χ1v) is 15.1. The normalized spacial score (nSPS) is 45.0. The first kappa shape index (κ1) is 30.8. The van der Waals surface area contributed by atoms with Gasteiger partial charge in [-0.3, -0.25) is 4.79 Å². The molecule has 0 aromatic carbocycles. The summed E-state index contributed by atoms with van der Waals surface area (Å²) in [6.07, 6.45) is 5.58. The van der Waals surface area contributed by atoms with Gasteiger partial charge in [0.25, 0.3) is 0 Å². The molecule has 8 unspecified atom stereocenters. The van der Waals surface area contributed by atoms with E-state index in [-0.39, 0.29) is 95.0 Å². The Bertz CT molecular complexity index is 903. The molecule has 202 valence electrons. The number of carbonyl (C=O) groups is 1. The van der Waals surface area contributed by atoms with Gasteiger partial charge in [0.05, 0.1) is 34.2 Å². The standard InChI is InChI=1S/C26H45NO7S.Na/c1-15(4-7-23(31)27-10-11-35(32,33)34)18-5-6-19-24-20(14-22(30)26(18,19)3)25(2)9-8-17(28)12-16(25)13-21(24)29;/h15-22,24,28-30H,4-14H2,1-3H3,(H,27,31)(H,32,33,34);/q;+1/p-1/t15-,16?,17-,18?,19?,20?,21?,22+,24?,25?,26?;/m1./s1. The van der Waals surface area contributed by atoms with Crippen LogP contribution in [-0.4, -0.2) is 64.8 Å². The molecule has 8 nitrogen and oxygen atoms in total. The average molecular weight is 538 g/mol. The van der Waals surface area contributed by atoms with E-state index < -0.39 is 28.1 Å². The van der Waals surface area contributed by atoms with Crippen LogP contribution in [0.25, 0.3) is 0 Å². The number of hydrogen-bond acceptors (Lipinski definition) is 7. The maximum atomic E-state index is 12.2. The van der Waals surface area contributed by atoms with E-state index in [1.165, 1.54) is 0 Å². The van der Waals surface area contributed by atoms with E-state index in [4.69, 9.17) is 0 Å². The van der Waals surface area contributed by atoms with Crippen molar-refractivity contribution in [2.75, 3.05) is 12.3 Å². The Labute approximate surface area is 238 Å². The second kappa shape index (κ2) is 11.4. The molecular weight excluding hydrogens is 493 g/mol. The second-order valence-electron chi connectivity index (χ2n) is 12.7. The molecule has 0 radical (unpaired) electrons. The van der Waals surface area contributed by atoms with Gasteiger partial charge in [0.2, 0.25) is 5.91 Å². The Morgan fingerprint density at radius 1 is 1.08 bits per heavy atom. The molecule has 1 amide bonds. The Morgan fingerprint density at radius 3 is 2.44 bits per heavy atom. The van der Waals surface area contributed by atoms with Crippen LogP contribution in [0.1, 0.15) is 78.6 Å². The molecule has 0 aliphatic heterocycles. The number of aliphatic hydroxyl groups excluding tert-OH is 3. The van der Waals surface area contributed by atoms with Gasteiger partial charge < -0.3 is 25.2 Å². The van der Waals surface area contributed by atoms with E-state index >= 15 is 0 Å². The quantitative estimate of drug-likeness (QED) is 0.241. The third-order valence-corrected chi connectivity index (χ3v) is 11.7. The minimum Gasteiger partial charge on any atom is -0.748 e. The topological polar surface area (TPSA) is 147 Å². The number of rotatable bonds is 7. The van der Waals surface area contributed by atoms with Crippen LogP contribution in [0.3, 0.4) is 0 Å². The van der Waals surface area contributed by atoms with Crippen molar-refractivity contribution in [3.63, 3.8) is 0 Å². The zero-order valence-corrected chi connectivity index (χ0v) is 25.2. The molecule has 0 spiro atoms. The van der Waals surface area contributed by atoms with Gasteiger partial charge in [-0.1, -0.05) is 20.8 Å². The number of amides is 1. The van der Waals surface area contributed by atoms with Crippen molar-refractivity contribution < 1.29 is 62.6 Å². The van der Waals surface area contributed by atoms with Crippen LogP contribution < -0.4 is 34.9 Å². The van der Waals surface area contributed by atoms with Crippen LogP contribution >= 0.6 is 0 Å².